The molecule has 0 aliphatic carbocycles. The van der Waals surface area contributed by atoms with E-state index in [-0.39, 0.29) is 17.6 Å². The Kier molecular flexibility index (Phi) is 15.0. The van der Waals surface area contributed by atoms with Gasteiger partial charge in [-0.1, -0.05) is 38.2 Å². The number of carboxylic acid groups (broad SMARTS) is 1. The van der Waals surface area contributed by atoms with E-state index in [4.69, 9.17) is 0 Å². The molecule has 0 spiro atoms. The van der Waals surface area contributed by atoms with E-state index in [1.165, 1.54) is 0 Å². The number of aliphatic carboxylic acids is 1. The SMILES string of the molecule is CC/C=C/CCC(O)C[N+](CCO)(CC(O)CC/C=C/CC)CC(C)C(=O)O. The summed E-state index contributed by atoms with van der Waals surface area (Å²) in [5.74, 6) is -1.52. The van der Waals surface area contributed by atoms with E-state index in [2.05, 4.69) is 26.0 Å². The fourth-order valence-electron chi connectivity index (χ4n) is 3.59. The second kappa shape index (κ2) is 15.7. The molecule has 3 atom stereocenters. The average Bonchev–Trinajstić information content (AvgIpc) is 2.62. The van der Waals surface area contributed by atoms with Gasteiger partial charge in [0.25, 0.3) is 0 Å². The molecule has 6 heteroatoms. The highest BCUT2D eigenvalue weighted by Crippen LogP contribution is 2.18. The molecule has 28 heavy (non-hydrogen) atoms. The summed E-state index contributed by atoms with van der Waals surface area (Å²) in [5.41, 5.74) is 0. The minimum absolute atomic E-state index is 0.114. The van der Waals surface area contributed by atoms with Crippen LogP contribution in [0.15, 0.2) is 24.3 Å². The third-order valence-corrected chi connectivity index (χ3v) is 4.99. The molecule has 0 saturated carbocycles. The first kappa shape index (κ1) is 26.8. The zero-order valence-electron chi connectivity index (χ0n) is 18.0. The molecule has 0 bridgehead atoms. The second-order valence-electron chi connectivity index (χ2n) is 7.80. The van der Waals surface area contributed by atoms with Crippen molar-refractivity contribution < 1.29 is 29.7 Å². The fraction of sp³-hybridized carbons (Fsp3) is 0.773. The van der Waals surface area contributed by atoms with Gasteiger partial charge in [0.2, 0.25) is 0 Å². The Morgan fingerprint density at radius 2 is 1.36 bits per heavy atom. The number of carbonyl (C=O) groups is 1. The van der Waals surface area contributed by atoms with E-state index in [1.54, 1.807) is 6.92 Å². The summed E-state index contributed by atoms with van der Waals surface area (Å²) in [7, 11) is 0. The van der Waals surface area contributed by atoms with Crippen molar-refractivity contribution >= 4 is 5.97 Å². The Bertz CT molecular complexity index is 438. The standard InChI is InChI=1S/C22H41NO5/c1-4-6-8-10-12-20(25)17-23(14-15-24,16-19(3)22(27)28)18-21(26)13-11-9-7-5-2/h6-9,19-21,24-26H,4-5,10-18H2,1-3H3/p+1/b8-6+,9-7+. The second-order valence-corrected chi connectivity index (χ2v) is 7.80. The monoisotopic (exact) mass is 400 g/mol. The molecule has 0 radical (unpaired) electrons. The summed E-state index contributed by atoms with van der Waals surface area (Å²) in [6.45, 7) is 6.90. The first-order chi connectivity index (χ1) is 13.3. The van der Waals surface area contributed by atoms with Gasteiger partial charge in [0.05, 0.1) is 13.2 Å². The van der Waals surface area contributed by atoms with Crippen molar-refractivity contribution in [1.29, 1.82) is 0 Å². The number of rotatable bonds is 17. The highest BCUT2D eigenvalue weighted by Gasteiger charge is 2.35. The van der Waals surface area contributed by atoms with Gasteiger partial charge < -0.3 is 24.9 Å². The molecule has 3 unspecified atom stereocenters. The van der Waals surface area contributed by atoms with Crippen LogP contribution in [0.4, 0.5) is 0 Å². The average molecular weight is 401 g/mol. The molecule has 0 aliphatic rings. The lowest BCUT2D eigenvalue weighted by molar-refractivity contribution is -0.935. The summed E-state index contributed by atoms with van der Waals surface area (Å²) < 4.78 is 0.210. The zero-order valence-corrected chi connectivity index (χ0v) is 18.0. The molecule has 0 aromatic carbocycles. The quantitative estimate of drug-likeness (QED) is 0.222. The van der Waals surface area contributed by atoms with Gasteiger partial charge in [-0.2, -0.15) is 0 Å². The van der Waals surface area contributed by atoms with E-state index < -0.39 is 24.1 Å². The number of aliphatic hydroxyl groups is 3. The van der Waals surface area contributed by atoms with Gasteiger partial charge in [-0.15, -0.1) is 0 Å². The molecule has 0 saturated heterocycles. The summed E-state index contributed by atoms with van der Waals surface area (Å²) in [5, 5.41) is 40.1. The van der Waals surface area contributed by atoms with E-state index in [0.717, 1.165) is 25.7 Å². The molecule has 0 fully saturated rings. The Balaban J connectivity index is 5.18. The molecule has 0 rings (SSSR count). The van der Waals surface area contributed by atoms with E-state index in [0.29, 0.717) is 32.5 Å². The van der Waals surface area contributed by atoms with Gasteiger partial charge in [-0.25, -0.2) is 0 Å². The number of allylic oxidation sites excluding steroid dienone is 4. The molecule has 0 aliphatic heterocycles. The van der Waals surface area contributed by atoms with Crippen LogP contribution in [-0.2, 0) is 4.79 Å². The lowest BCUT2D eigenvalue weighted by Crippen LogP contribution is -2.59. The number of nitrogens with zero attached hydrogens (tertiary/aromatic N) is 1. The van der Waals surface area contributed by atoms with Crippen LogP contribution in [0, 0.1) is 5.92 Å². The van der Waals surface area contributed by atoms with Crippen molar-refractivity contribution in [3.63, 3.8) is 0 Å². The topological polar surface area (TPSA) is 98.0 Å². The molecule has 0 aromatic heterocycles. The van der Waals surface area contributed by atoms with Crippen molar-refractivity contribution in [2.75, 3.05) is 32.8 Å². The lowest BCUT2D eigenvalue weighted by atomic mass is 10.0. The predicted molar refractivity (Wildman–Crippen MR) is 113 cm³/mol. The maximum Gasteiger partial charge on any atom is 0.311 e. The third-order valence-electron chi connectivity index (χ3n) is 4.99. The molecule has 0 heterocycles. The highest BCUT2D eigenvalue weighted by molar-refractivity contribution is 5.69. The summed E-state index contributed by atoms with van der Waals surface area (Å²) in [4.78, 5) is 11.4. The van der Waals surface area contributed by atoms with Crippen molar-refractivity contribution in [2.24, 2.45) is 5.92 Å². The summed E-state index contributed by atoms with van der Waals surface area (Å²) in [6, 6.07) is 0. The molecule has 0 aromatic rings. The van der Waals surface area contributed by atoms with E-state index in [9.17, 15) is 25.2 Å². The van der Waals surface area contributed by atoms with Gasteiger partial charge >= 0.3 is 5.97 Å². The Hall–Kier alpha value is -1.21. The van der Waals surface area contributed by atoms with Crippen LogP contribution in [0.2, 0.25) is 0 Å². The molecular weight excluding hydrogens is 358 g/mol. The number of hydrogen-bond acceptors (Lipinski definition) is 4. The van der Waals surface area contributed by atoms with E-state index in [1.807, 2.05) is 12.2 Å². The van der Waals surface area contributed by atoms with Gasteiger partial charge in [-0.05, 0) is 45.4 Å². The summed E-state index contributed by atoms with van der Waals surface area (Å²) >= 11 is 0. The van der Waals surface area contributed by atoms with Crippen molar-refractivity contribution in [3.05, 3.63) is 24.3 Å². The van der Waals surface area contributed by atoms with Crippen molar-refractivity contribution in [1.82, 2.24) is 0 Å². The van der Waals surface area contributed by atoms with Gasteiger partial charge in [0.15, 0.2) is 0 Å². The molecule has 164 valence electrons. The molecule has 6 nitrogen and oxygen atoms in total. The highest BCUT2D eigenvalue weighted by atomic mass is 16.4. The van der Waals surface area contributed by atoms with Crippen LogP contribution in [0.5, 0.6) is 0 Å². The van der Waals surface area contributed by atoms with Crippen LogP contribution in [0.3, 0.4) is 0 Å². The smallest absolute Gasteiger partial charge is 0.311 e. The lowest BCUT2D eigenvalue weighted by Gasteiger charge is -2.42. The van der Waals surface area contributed by atoms with Crippen molar-refractivity contribution in [3.8, 4) is 0 Å². The Morgan fingerprint density at radius 3 is 1.71 bits per heavy atom. The summed E-state index contributed by atoms with van der Waals surface area (Å²) in [6.07, 6.45) is 11.6. The number of quaternary nitrogens is 1. The fourth-order valence-corrected chi connectivity index (χ4v) is 3.59. The first-order valence-electron chi connectivity index (χ1n) is 10.6. The van der Waals surface area contributed by atoms with Gasteiger partial charge in [0.1, 0.15) is 37.8 Å². The van der Waals surface area contributed by atoms with Crippen LogP contribution in [0.1, 0.15) is 59.3 Å². The van der Waals surface area contributed by atoms with Crippen LogP contribution >= 0.6 is 0 Å². The maximum atomic E-state index is 11.4. The minimum Gasteiger partial charge on any atom is -0.481 e. The number of carboxylic acids is 1. The minimum atomic E-state index is -0.902. The largest absolute Gasteiger partial charge is 0.481 e. The Labute approximate surface area is 170 Å². The van der Waals surface area contributed by atoms with Gasteiger partial charge in [0, 0.05) is 0 Å². The van der Waals surface area contributed by atoms with Gasteiger partial charge in [-0.3, -0.25) is 4.79 Å². The molecular formula is C22H42NO5+. The van der Waals surface area contributed by atoms with Crippen molar-refractivity contribution in [2.45, 2.75) is 71.5 Å². The Morgan fingerprint density at radius 1 is 0.893 bits per heavy atom. The molecule has 4 N–H and O–H groups in total. The first-order valence-corrected chi connectivity index (χ1v) is 10.6. The van der Waals surface area contributed by atoms with E-state index >= 15 is 0 Å². The van der Waals surface area contributed by atoms with Crippen LogP contribution < -0.4 is 0 Å². The van der Waals surface area contributed by atoms with Crippen LogP contribution in [-0.4, -0.2) is 75.9 Å². The normalized spacial score (nSPS) is 17.6. The third kappa shape index (κ3) is 12.3. The number of aliphatic hydroxyl groups excluding tert-OH is 3. The van der Waals surface area contributed by atoms with Crippen LogP contribution in [0.25, 0.3) is 0 Å². The maximum absolute atomic E-state index is 11.4. The molecule has 0 amide bonds. The zero-order chi connectivity index (χ0) is 21.4. The number of hydrogen-bond donors (Lipinski definition) is 4. The predicted octanol–water partition coefficient (Wildman–Crippen LogP) is 2.73.